The van der Waals surface area contributed by atoms with Crippen molar-refractivity contribution in [2.75, 3.05) is 6.61 Å². The van der Waals surface area contributed by atoms with Gasteiger partial charge >= 0.3 is 11.9 Å². The summed E-state index contributed by atoms with van der Waals surface area (Å²) in [5.41, 5.74) is 2.98. The van der Waals surface area contributed by atoms with E-state index in [1.807, 2.05) is 36.4 Å². The molecule has 0 spiro atoms. The monoisotopic (exact) mass is 600 g/mol. The third kappa shape index (κ3) is 12.6. The smallest absolute Gasteiger partial charge is 0.343 e. The Kier molecular flexibility index (Phi) is 16.2. The molecule has 5 heteroatoms. The van der Waals surface area contributed by atoms with Crippen molar-refractivity contribution in [2.24, 2.45) is 0 Å². The molecule has 0 saturated carbocycles. The lowest BCUT2D eigenvalue weighted by molar-refractivity contribution is 0.0250. The number of benzene rings is 3. The molecular formula is C39H52O5. The first kappa shape index (κ1) is 34.9. The quantitative estimate of drug-likeness (QED) is 0.0691. The van der Waals surface area contributed by atoms with Crippen LogP contribution in [-0.2, 0) is 4.74 Å². The first-order valence-corrected chi connectivity index (χ1v) is 16.9. The molecule has 3 aromatic carbocycles. The summed E-state index contributed by atoms with van der Waals surface area (Å²) in [5.74, 6) is 0.485. The molecule has 44 heavy (non-hydrogen) atoms. The Labute approximate surface area is 265 Å². The number of carbonyl (C=O) groups excluding carboxylic acids is 2. The van der Waals surface area contributed by atoms with Gasteiger partial charge in [-0.15, -0.1) is 0 Å². The van der Waals surface area contributed by atoms with Gasteiger partial charge < -0.3 is 14.2 Å². The summed E-state index contributed by atoms with van der Waals surface area (Å²) >= 11 is 0. The average Bonchev–Trinajstić information content (AvgIpc) is 3.05. The van der Waals surface area contributed by atoms with Crippen LogP contribution in [0.1, 0.15) is 131 Å². The average molecular weight is 601 g/mol. The number of carbonyl (C=O) groups is 2. The van der Waals surface area contributed by atoms with Crippen molar-refractivity contribution >= 4 is 11.9 Å². The maximum atomic E-state index is 12.8. The van der Waals surface area contributed by atoms with E-state index in [1.54, 1.807) is 36.4 Å². The van der Waals surface area contributed by atoms with Gasteiger partial charge in [0.1, 0.15) is 17.6 Å². The SMILES string of the molecule is CCCCCCCCOc1ccc(-c2ccc(C(=O)Oc3ccc(C(=O)O[C@@H](CCCC)CCCCCC)cc3)cc2)cc1. The van der Waals surface area contributed by atoms with Crippen LogP contribution < -0.4 is 9.47 Å². The van der Waals surface area contributed by atoms with Crippen LogP contribution in [0.15, 0.2) is 72.8 Å². The van der Waals surface area contributed by atoms with Crippen LogP contribution in [0.25, 0.3) is 11.1 Å². The predicted molar refractivity (Wildman–Crippen MR) is 180 cm³/mol. The first-order valence-electron chi connectivity index (χ1n) is 16.9. The van der Waals surface area contributed by atoms with Gasteiger partial charge in [-0.1, -0.05) is 109 Å². The van der Waals surface area contributed by atoms with E-state index in [1.165, 1.54) is 51.4 Å². The molecule has 0 radical (unpaired) electrons. The van der Waals surface area contributed by atoms with Crippen molar-refractivity contribution in [3.8, 4) is 22.6 Å². The molecule has 5 nitrogen and oxygen atoms in total. The molecule has 0 aliphatic heterocycles. The lowest BCUT2D eigenvalue weighted by Crippen LogP contribution is -2.18. The molecule has 0 amide bonds. The van der Waals surface area contributed by atoms with E-state index in [0.717, 1.165) is 62.0 Å². The van der Waals surface area contributed by atoms with E-state index in [-0.39, 0.29) is 12.1 Å². The summed E-state index contributed by atoms with van der Waals surface area (Å²) in [6, 6.07) is 22.0. The van der Waals surface area contributed by atoms with E-state index >= 15 is 0 Å². The zero-order valence-electron chi connectivity index (χ0n) is 27.2. The molecule has 0 aliphatic carbocycles. The highest BCUT2D eigenvalue weighted by atomic mass is 16.5. The molecule has 3 rings (SSSR count). The molecule has 0 N–H and O–H groups in total. The molecule has 0 aliphatic rings. The van der Waals surface area contributed by atoms with Gasteiger partial charge in [-0.25, -0.2) is 9.59 Å². The Morgan fingerprint density at radius 1 is 0.523 bits per heavy atom. The van der Waals surface area contributed by atoms with Gasteiger partial charge in [-0.2, -0.15) is 0 Å². The highest BCUT2D eigenvalue weighted by molar-refractivity contribution is 5.92. The van der Waals surface area contributed by atoms with E-state index in [4.69, 9.17) is 14.2 Å². The largest absolute Gasteiger partial charge is 0.494 e. The van der Waals surface area contributed by atoms with Gasteiger partial charge in [-0.05, 0) is 85.3 Å². The van der Waals surface area contributed by atoms with E-state index in [0.29, 0.717) is 16.9 Å². The van der Waals surface area contributed by atoms with Crippen LogP contribution in [0.2, 0.25) is 0 Å². The lowest BCUT2D eigenvalue weighted by Gasteiger charge is -2.18. The standard InChI is InChI=1S/C39H52O5/c1-4-7-10-12-13-15-30-42-35-26-22-32(23-27-35)31-18-20-33(21-19-31)38(40)44-37-28-24-34(25-29-37)39(41)43-36(16-9-6-3)17-14-11-8-5-2/h18-29,36H,4-17,30H2,1-3H3/t36-/m0/s1. The van der Waals surface area contributed by atoms with Crippen LogP contribution in [0.5, 0.6) is 11.5 Å². The summed E-state index contributed by atoms with van der Waals surface area (Å²) in [6.45, 7) is 7.32. The van der Waals surface area contributed by atoms with Crippen molar-refractivity contribution in [3.63, 3.8) is 0 Å². The van der Waals surface area contributed by atoms with Gasteiger partial charge in [0.15, 0.2) is 0 Å². The van der Waals surface area contributed by atoms with Gasteiger partial charge in [-0.3, -0.25) is 0 Å². The molecular weight excluding hydrogens is 548 g/mol. The number of rotatable bonds is 21. The summed E-state index contributed by atoms with van der Waals surface area (Å²) < 4.78 is 17.3. The number of esters is 2. The van der Waals surface area contributed by atoms with Crippen molar-refractivity contribution in [1.29, 1.82) is 0 Å². The minimum Gasteiger partial charge on any atom is -0.494 e. The second kappa shape index (κ2) is 20.4. The number of hydrogen-bond acceptors (Lipinski definition) is 5. The van der Waals surface area contributed by atoms with Gasteiger partial charge in [0, 0.05) is 0 Å². The molecule has 0 fully saturated rings. The Hall–Kier alpha value is -3.60. The molecule has 238 valence electrons. The fourth-order valence-corrected chi connectivity index (χ4v) is 5.15. The molecule has 0 unspecified atom stereocenters. The zero-order valence-corrected chi connectivity index (χ0v) is 27.2. The number of hydrogen-bond donors (Lipinski definition) is 0. The van der Waals surface area contributed by atoms with Crippen LogP contribution in [0.4, 0.5) is 0 Å². The van der Waals surface area contributed by atoms with Crippen molar-refractivity contribution in [3.05, 3.63) is 83.9 Å². The molecule has 3 aromatic rings. The van der Waals surface area contributed by atoms with E-state index < -0.39 is 5.97 Å². The van der Waals surface area contributed by atoms with Crippen LogP contribution >= 0.6 is 0 Å². The Balaban J connectivity index is 1.47. The molecule has 0 saturated heterocycles. The van der Waals surface area contributed by atoms with E-state index in [9.17, 15) is 9.59 Å². The minimum atomic E-state index is -0.447. The third-order valence-corrected chi connectivity index (χ3v) is 7.91. The van der Waals surface area contributed by atoms with Crippen LogP contribution in [-0.4, -0.2) is 24.6 Å². The van der Waals surface area contributed by atoms with E-state index in [2.05, 4.69) is 20.8 Å². The Morgan fingerprint density at radius 2 is 1.00 bits per heavy atom. The third-order valence-electron chi connectivity index (χ3n) is 7.91. The summed E-state index contributed by atoms with van der Waals surface area (Å²) in [4.78, 5) is 25.6. The molecule has 0 heterocycles. The topological polar surface area (TPSA) is 61.8 Å². The number of unbranched alkanes of at least 4 members (excludes halogenated alkanes) is 9. The second-order valence-electron chi connectivity index (χ2n) is 11.7. The summed E-state index contributed by atoms with van der Waals surface area (Å²) in [5, 5.41) is 0. The minimum absolute atomic E-state index is 0.0547. The van der Waals surface area contributed by atoms with Gasteiger partial charge in [0.05, 0.1) is 17.7 Å². The van der Waals surface area contributed by atoms with Crippen LogP contribution in [0.3, 0.4) is 0 Å². The molecule has 0 aromatic heterocycles. The Morgan fingerprint density at radius 3 is 1.64 bits per heavy atom. The van der Waals surface area contributed by atoms with Crippen LogP contribution in [0, 0.1) is 0 Å². The zero-order chi connectivity index (χ0) is 31.4. The fourth-order valence-electron chi connectivity index (χ4n) is 5.15. The summed E-state index contributed by atoms with van der Waals surface area (Å²) in [6.07, 6.45) is 16.0. The lowest BCUT2D eigenvalue weighted by atomic mass is 10.0. The normalized spacial score (nSPS) is 11.6. The second-order valence-corrected chi connectivity index (χ2v) is 11.7. The van der Waals surface area contributed by atoms with Gasteiger partial charge in [0.25, 0.3) is 0 Å². The summed E-state index contributed by atoms with van der Waals surface area (Å²) in [7, 11) is 0. The molecule has 1 atom stereocenters. The highest BCUT2D eigenvalue weighted by Crippen LogP contribution is 2.24. The first-order chi connectivity index (χ1) is 21.5. The predicted octanol–water partition coefficient (Wildman–Crippen LogP) is 11.0. The maximum absolute atomic E-state index is 12.8. The molecule has 0 bridgehead atoms. The van der Waals surface area contributed by atoms with Crippen molar-refractivity contribution in [2.45, 2.75) is 117 Å². The fraction of sp³-hybridized carbons (Fsp3) is 0.487. The number of ether oxygens (including phenoxy) is 3. The van der Waals surface area contributed by atoms with Gasteiger partial charge in [0.2, 0.25) is 0 Å². The Bertz CT molecular complexity index is 1210. The maximum Gasteiger partial charge on any atom is 0.343 e. The highest BCUT2D eigenvalue weighted by Gasteiger charge is 2.16. The van der Waals surface area contributed by atoms with Crippen molar-refractivity contribution < 1.29 is 23.8 Å². The van der Waals surface area contributed by atoms with Crippen molar-refractivity contribution in [1.82, 2.24) is 0 Å².